The molecule has 17 heavy (non-hydrogen) atoms. The van der Waals surface area contributed by atoms with Crippen molar-refractivity contribution >= 4 is 0 Å². The average molecular weight is 533 g/mol. The molecule has 0 heterocycles. The summed E-state index contributed by atoms with van der Waals surface area (Å²) < 4.78 is 0. The molecule has 0 amide bonds. The summed E-state index contributed by atoms with van der Waals surface area (Å²) in [6.07, 6.45) is 0. The van der Waals surface area contributed by atoms with Crippen molar-refractivity contribution in [1.82, 2.24) is 0 Å². The summed E-state index contributed by atoms with van der Waals surface area (Å²) in [4.78, 5) is 6.19. The Morgan fingerprint density at radius 2 is 0.706 bits per heavy atom. The van der Waals surface area contributed by atoms with Crippen LogP contribution in [0.4, 0.5) is 0 Å². The van der Waals surface area contributed by atoms with E-state index in [-0.39, 0.29) is 196 Å². The molecular formula is C6CsCuFeKN6Rb+. The molecule has 11 heteroatoms. The van der Waals surface area contributed by atoms with Gasteiger partial charge in [-0.3, -0.25) is 0 Å². The fourth-order valence-electron chi connectivity index (χ4n) is 0.265. The van der Waals surface area contributed by atoms with Crippen molar-refractivity contribution in [2.45, 2.75) is 0 Å². The van der Waals surface area contributed by atoms with Gasteiger partial charge >= 0.3 is 268 Å². The minimum atomic E-state index is -6.17. The van der Waals surface area contributed by atoms with Crippen molar-refractivity contribution in [2.24, 2.45) is 0 Å². The molecular weight excluding hydrogens is 533 g/mol. The van der Waals surface area contributed by atoms with E-state index in [4.69, 9.17) is 31.6 Å². The van der Waals surface area contributed by atoms with E-state index in [9.17, 15) is 0 Å². The minimum Gasteiger partial charge on any atom is 1.00 e. The van der Waals surface area contributed by atoms with E-state index in [2.05, 4.69) is 0 Å². The van der Waals surface area contributed by atoms with E-state index >= 15 is 0 Å². The SMILES string of the molecule is N#[C][Fe-4]([C]#N)([C]#N)([C]#N)([C]#N)[C]#N.[Cs+].[Cu+2].[K+].[Rb+]. The summed E-state index contributed by atoms with van der Waals surface area (Å²) in [5, 5.41) is 51.5. The maximum atomic E-state index is 8.58. The first-order valence-corrected chi connectivity index (χ1v) is 5.71. The number of nitriles is 6. The fourth-order valence-corrected chi connectivity index (χ4v) is 1.09. The van der Waals surface area contributed by atoms with Gasteiger partial charge in [-0.05, 0) is 0 Å². The van der Waals surface area contributed by atoms with Crippen molar-refractivity contribution in [3.05, 3.63) is 0 Å². The molecule has 0 aliphatic carbocycles. The van der Waals surface area contributed by atoms with Gasteiger partial charge in [0.05, 0.1) is 0 Å². The molecule has 1 radical (unpaired) electrons. The molecule has 0 bridgehead atoms. The first-order valence-electron chi connectivity index (χ1n) is 2.40. The van der Waals surface area contributed by atoms with Crippen LogP contribution in [0.3, 0.4) is 0 Å². The van der Waals surface area contributed by atoms with Crippen LogP contribution in [0.5, 0.6) is 0 Å². The molecule has 0 atom stereocenters. The number of hydrogen-bond acceptors (Lipinski definition) is 6. The van der Waals surface area contributed by atoms with Gasteiger partial charge in [0.1, 0.15) is 0 Å². The van der Waals surface area contributed by atoms with Gasteiger partial charge in [-0.25, -0.2) is 0 Å². The first-order chi connectivity index (χ1) is 5.97. The van der Waals surface area contributed by atoms with E-state index in [1.165, 1.54) is 0 Å². The van der Waals surface area contributed by atoms with Gasteiger partial charge in [-0.2, -0.15) is 0 Å². The Balaban J connectivity index is -0.000000120. The van der Waals surface area contributed by atoms with Crippen molar-refractivity contribution in [1.29, 1.82) is 31.6 Å². The minimum absolute atomic E-state index is 0. The summed E-state index contributed by atoms with van der Waals surface area (Å²) in [6, 6.07) is 0. The van der Waals surface area contributed by atoms with Crippen molar-refractivity contribution in [2.75, 3.05) is 0 Å². The predicted molar refractivity (Wildman–Crippen MR) is 33.7 cm³/mol. The summed E-state index contributed by atoms with van der Waals surface area (Å²) in [7, 11) is -6.17. The Hall–Kier alpha value is 3.47. The van der Waals surface area contributed by atoms with Crippen LogP contribution >= 0.6 is 0 Å². The molecule has 0 rings (SSSR count). The van der Waals surface area contributed by atoms with Crippen LogP contribution in [0.25, 0.3) is 0 Å². The predicted octanol–water partition coefficient (Wildman–Crippen LogP) is -8.89. The third-order valence-electron chi connectivity index (χ3n) is 1.19. The van der Waals surface area contributed by atoms with Crippen LogP contribution in [0.1, 0.15) is 0 Å². The summed E-state index contributed by atoms with van der Waals surface area (Å²) in [5.41, 5.74) is 0. The molecule has 0 N–H and O–H groups in total. The summed E-state index contributed by atoms with van der Waals surface area (Å²) in [5.74, 6) is 0. The van der Waals surface area contributed by atoms with Gasteiger partial charge in [0.2, 0.25) is 0 Å². The summed E-state index contributed by atoms with van der Waals surface area (Å²) in [6.45, 7) is 0. The van der Waals surface area contributed by atoms with Gasteiger partial charge in [0, 0.05) is 0 Å². The maximum absolute atomic E-state index is 8.58. The second kappa shape index (κ2) is 11.1. The third-order valence-corrected chi connectivity index (χ3v) is 4.89. The van der Waals surface area contributed by atoms with Crippen LogP contribution < -0.4 is 178 Å². The molecule has 0 aliphatic rings. The molecule has 0 fully saturated rings. The molecule has 0 aliphatic heterocycles. The summed E-state index contributed by atoms with van der Waals surface area (Å²) >= 11 is 0. The fraction of sp³-hybridized carbons (Fsp3) is 0. The number of rotatable bonds is 0. The quantitative estimate of drug-likeness (QED) is 0.284. The second-order valence-electron chi connectivity index (χ2n) is 1.80. The van der Waals surface area contributed by atoms with E-state index in [1.807, 2.05) is 0 Å². The van der Waals surface area contributed by atoms with Crippen molar-refractivity contribution < 1.29 is 206 Å². The second-order valence-corrected chi connectivity index (χ2v) is 7.42. The van der Waals surface area contributed by atoms with E-state index in [0.717, 1.165) is 29.8 Å². The van der Waals surface area contributed by atoms with Gasteiger partial charge in [0.25, 0.3) is 0 Å². The number of nitrogens with zero attached hydrogens (tertiary/aromatic N) is 6. The van der Waals surface area contributed by atoms with E-state index < -0.39 is 10.7 Å². The molecule has 0 spiro atoms. The molecule has 0 unspecified atom stereocenters. The average Bonchev–Trinajstić information content (AvgIpc) is 2.26. The molecule has 0 aromatic rings. The van der Waals surface area contributed by atoms with Crippen molar-refractivity contribution in [3.8, 4) is 29.8 Å². The largest absolute Gasteiger partial charge is 2.00 e. The number of hydrogen-bond donors (Lipinski definition) is 0. The van der Waals surface area contributed by atoms with Gasteiger partial charge < -0.3 is 0 Å². The maximum Gasteiger partial charge on any atom is 2.00 e. The van der Waals surface area contributed by atoms with Gasteiger partial charge in [0.15, 0.2) is 0 Å². The Morgan fingerprint density at radius 1 is 0.588 bits per heavy atom. The molecule has 6 nitrogen and oxygen atoms in total. The zero-order valence-corrected chi connectivity index (χ0v) is 25.7. The van der Waals surface area contributed by atoms with Crippen LogP contribution in [-0.2, 0) is 27.8 Å². The van der Waals surface area contributed by atoms with Crippen LogP contribution in [0.2, 0.25) is 0 Å². The van der Waals surface area contributed by atoms with Crippen LogP contribution in [0, 0.1) is 61.4 Å². The Kier molecular flexibility index (Phi) is 21.2. The molecule has 0 aromatic heterocycles. The van der Waals surface area contributed by atoms with Gasteiger partial charge in [-0.15, -0.1) is 0 Å². The van der Waals surface area contributed by atoms with Crippen molar-refractivity contribution in [3.63, 3.8) is 0 Å². The molecule has 0 saturated carbocycles. The van der Waals surface area contributed by atoms with E-state index in [0.29, 0.717) is 0 Å². The Labute approximate surface area is 259 Å². The topological polar surface area (TPSA) is 143 Å². The molecule has 75 valence electrons. The van der Waals surface area contributed by atoms with Crippen LogP contribution in [-0.4, -0.2) is 0 Å². The Bertz CT molecular complexity index is 408. The normalized spacial score (nSPS) is 10.2. The third kappa shape index (κ3) is 5.31. The molecule has 0 aromatic carbocycles. The van der Waals surface area contributed by atoms with Crippen LogP contribution in [0.15, 0.2) is 0 Å². The molecule has 0 saturated heterocycles. The smallest absolute Gasteiger partial charge is 1.00 e. The zero-order valence-electron chi connectivity index (χ0n) is 9.34. The Morgan fingerprint density at radius 3 is 0.706 bits per heavy atom. The first kappa shape index (κ1) is 32.4. The van der Waals surface area contributed by atoms with Gasteiger partial charge in [-0.1, -0.05) is 0 Å². The zero-order chi connectivity index (χ0) is 10.7. The van der Waals surface area contributed by atoms with E-state index in [1.54, 1.807) is 0 Å². The standard InChI is InChI=1S/6CN.Cs.Cu.Fe.K.Rb/c6*1-2;;;;;/q;;;;;;+1;+2;-4;2*+1. The monoisotopic (exact) mass is 532 g/mol.